The molecule has 0 fully saturated rings. The molecule has 1 aromatic heterocycles. The van der Waals surface area contributed by atoms with E-state index >= 15 is 0 Å². The van der Waals surface area contributed by atoms with Crippen LogP contribution in [-0.4, -0.2) is 8.42 Å². The van der Waals surface area contributed by atoms with E-state index in [2.05, 4.69) is 10.8 Å². The maximum Gasteiger partial charge on any atom is 0.297 e. The van der Waals surface area contributed by atoms with Crippen molar-refractivity contribution in [3.63, 3.8) is 0 Å². The van der Waals surface area contributed by atoms with E-state index in [1.165, 1.54) is 11.3 Å². The maximum atomic E-state index is 11.0. The van der Waals surface area contributed by atoms with E-state index in [1.807, 2.05) is 0 Å². The molecule has 0 spiro atoms. The molecule has 0 saturated heterocycles. The van der Waals surface area contributed by atoms with Gasteiger partial charge < -0.3 is 0 Å². The first kappa shape index (κ1) is 12.4. The minimum absolute atomic E-state index is 0.363. The van der Waals surface area contributed by atoms with Crippen molar-refractivity contribution in [3.8, 4) is 6.07 Å². The van der Waals surface area contributed by atoms with Crippen LogP contribution in [0.25, 0.3) is 0 Å². The minimum atomic E-state index is -3.81. The lowest BCUT2D eigenvalue weighted by Crippen LogP contribution is -2.21. The molecule has 0 atom stereocenters. The van der Waals surface area contributed by atoms with Crippen LogP contribution in [0.3, 0.4) is 0 Å². The van der Waals surface area contributed by atoms with E-state index in [9.17, 15) is 8.42 Å². The summed E-state index contributed by atoms with van der Waals surface area (Å²) in [6, 6.07) is 2.08. The number of aryl methyl sites for hydroxylation is 1. The topological polar surface area (TPSA) is 96.0 Å². The molecule has 3 N–H and O–H groups in total. The van der Waals surface area contributed by atoms with E-state index in [0.717, 1.165) is 42.5 Å². The Morgan fingerprint density at radius 2 is 2.00 bits per heavy atom. The first-order valence-electron chi connectivity index (χ1n) is 5.36. The van der Waals surface area contributed by atoms with Crippen molar-refractivity contribution in [3.05, 3.63) is 16.0 Å². The molecule has 7 heteroatoms. The van der Waals surface area contributed by atoms with Crippen LogP contribution in [0.5, 0.6) is 0 Å². The second-order valence-electron chi connectivity index (χ2n) is 4.03. The van der Waals surface area contributed by atoms with E-state index < -0.39 is 10.2 Å². The maximum absolute atomic E-state index is 11.0. The number of hydrogen-bond donors (Lipinski definition) is 2. The van der Waals surface area contributed by atoms with Gasteiger partial charge in [-0.25, -0.2) is 5.14 Å². The molecule has 1 aliphatic carbocycles. The van der Waals surface area contributed by atoms with Crippen LogP contribution in [0.15, 0.2) is 0 Å². The van der Waals surface area contributed by atoms with E-state index in [-0.39, 0.29) is 0 Å². The monoisotopic (exact) mass is 271 g/mol. The standard InChI is InChI=1S/C10H13N3O2S2/c11-6-8-7-4-2-1-3-5-9(7)16-10(8)13-17(12,14)15/h13H,1-5H2,(H2,12,14,15). The summed E-state index contributed by atoms with van der Waals surface area (Å²) < 4.78 is 24.3. The van der Waals surface area contributed by atoms with Gasteiger partial charge in [-0.3, -0.25) is 4.72 Å². The Bertz CT molecular complexity index is 569. The van der Waals surface area contributed by atoms with Crippen molar-refractivity contribution in [2.45, 2.75) is 32.1 Å². The van der Waals surface area contributed by atoms with Gasteiger partial charge in [0.05, 0.1) is 5.56 Å². The number of nitrogens with one attached hydrogen (secondary N) is 1. The SMILES string of the molecule is N#Cc1c(NS(N)(=O)=O)sc2c1CCCCC2. The van der Waals surface area contributed by atoms with Gasteiger partial charge in [0.15, 0.2) is 0 Å². The highest BCUT2D eigenvalue weighted by atomic mass is 32.2. The fraction of sp³-hybridized carbons (Fsp3) is 0.500. The summed E-state index contributed by atoms with van der Waals surface area (Å²) in [4.78, 5) is 1.12. The van der Waals surface area contributed by atoms with E-state index in [0.29, 0.717) is 10.6 Å². The van der Waals surface area contributed by atoms with Gasteiger partial charge in [-0.2, -0.15) is 13.7 Å². The molecule has 1 heterocycles. The van der Waals surface area contributed by atoms with Crippen molar-refractivity contribution < 1.29 is 8.42 Å². The number of nitriles is 1. The Hall–Kier alpha value is -1.10. The Morgan fingerprint density at radius 1 is 1.29 bits per heavy atom. The van der Waals surface area contributed by atoms with Gasteiger partial charge in [-0.15, -0.1) is 11.3 Å². The predicted molar refractivity (Wildman–Crippen MR) is 67.0 cm³/mol. The Balaban J connectivity index is 2.45. The molecule has 5 nitrogen and oxygen atoms in total. The molecule has 0 saturated carbocycles. The summed E-state index contributed by atoms with van der Waals surface area (Å²) in [6.45, 7) is 0. The van der Waals surface area contributed by atoms with E-state index in [4.69, 9.17) is 10.4 Å². The number of anilines is 1. The van der Waals surface area contributed by atoms with Crippen LogP contribution in [0.2, 0.25) is 0 Å². The molecule has 0 radical (unpaired) electrons. The summed E-state index contributed by atoms with van der Waals surface area (Å²) in [5.74, 6) is 0. The first-order valence-corrected chi connectivity index (χ1v) is 7.72. The lowest BCUT2D eigenvalue weighted by atomic mass is 10.1. The number of nitrogens with two attached hydrogens (primary N) is 1. The second-order valence-corrected chi connectivity index (χ2v) is 6.43. The zero-order chi connectivity index (χ0) is 12.5. The molecular weight excluding hydrogens is 258 g/mol. The number of nitrogens with zero attached hydrogens (tertiary/aromatic N) is 1. The third kappa shape index (κ3) is 2.77. The van der Waals surface area contributed by atoms with Gasteiger partial charge >= 0.3 is 0 Å². The Kier molecular flexibility index (Phi) is 3.38. The minimum Gasteiger partial charge on any atom is -0.261 e. The quantitative estimate of drug-likeness (QED) is 0.798. The smallest absolute Gasteiger partial charge is 0.261 e. The van der Waals surface area contributed by atoms with E-state index in [1.54, 1.807) is 0 Å². The van der Waals surface area contributed by atoms with Gasteiger partial charge in [-0.05, 0) is 31.2 Å². The molecule has 0 aliphatic heterocycles. The molecule has 0 amide bonds. The third-order valence-corrected chi connectivity index (χ3v) is 4.59. The van der Waals surface area contributed by atoms with Crippen LogP contribution in [0.4, 0.5) is 5.00 Å². The van der Waals surface area contributed by atoms with Crippen molar-refractivity contribution in [1.82, 2.24) is 0 Å². The molecule has 0 bridgehead atoms. The van der Waals surface area contributed by atoms with Crippen LogP contribution in [0, 0.1) is 11.3 Å². The van der Waals surface area contributed by atoms with Gasteiger partial charge in [0.25, 0.3) is 10.2 Å². The molecule has 92 valence electrons. The van der Waals surface area contributed by atoms with Crippen molar-refractivity contribution in [1.29, 1.82) is 5.26 Å². The molecule has 1 aliphatic rings. The third-order valence-electron chi connectivity index (χ3n) is 2.77. The van der Waals surface area contributed by atoms with Crippen LogP contribution < -0.4 is 9.86 Å². The number of thiophene rings is 1. The molecule has 17 heavy (non-hydrogen) atoms. The number of fused-ring (bicyclic) bond motifs is 1. The van der Waals surface area contributed by atoms with Crippen molar-refractivity contribution in [2.75, 3.05) is 4.72 Å². The Morgan fingerprint density at radius 3 is 2.65 bits per heavy atom. The highest BCUT2D eigenvalue weighted by molar-refractivity contribution is 7.90. The Labute approximate surface area is 104 Å². The fourth-order valence-corrected chi connectivity index (χ4v) is 4.03. The van der Waals surface area contributed by atoms with Crippen LogP contribution >= 0.6 is 11.3 Å². The van der Waals surface area contributed by atoms with Gasteiger partial charge in [0.1, 0.15) is 11.1 Å². The lowest BCUT2D eigenvalue weighted by molar-refractivity contribution is 0.603. The van der Waals surface area contributed by atoms with Crippen LogP contribution in [-0.2, 0) is 23.1 Å². The second kappa shape index (κ2) is 4.64. The van der Waals surface area contributed by atoms with Crippen molar-refractivity contribution >= 4 is 26.5 Å². The zero-order valence-corrected chi connectivity index (χ0v) is 10.8. The summed E-state index contributed by atoms with van der Waals surface area (Å²) in [5, 5.41) is 14.4. The predicted octanol–water partition coefficient (Wildman–Crippen LogP) is 1.50. The lowest BCUT2D eigenvalue weighted by Gasteiger charge is -2.01. The number of hydrogen-bond acceptors (Lipinski definition) is 4. The van der Waals surface area contributed by atoms with Gasteiger partial charge in [0, 0.05) is 4.88 Å². The summed E-state index contributed by atoms with van der Waals surface area (Å²) in [5.41, 5.74) is 1.45. The van der Waals surface area contributed by atoms with Gasteiger partial charge in [-0.1, -0.05) is 6.42 Å². The zero-order valence-electron chi connectivity index (χ0n) is 9.19. The molecule has 0 unspecified atom stereocenters. The van der Waals surface area contributed by atoms with Gasteiger partial charge in [0.2, 0.25) is 0 Å². The highest BCUT2D eigenvalue weighted by Crippen LogP contribution is 2.37. The average Bonchev–Trinajstić information content (AvgIpc) is 2.41. The summed E-state index contributed by atoms with van der Waals surface area (Å²) in [6.07, 6.45) is 5.06. The normalized spacial score (nSPS) is 15.8. The largest absolute Gasteiger partial charge is 0.297 e. The average molecular weight is 271 g/mol. The van der Waals surface area contributed by atoms with Crippen molar-refractivity contribution in [2.24, 2.45) is 5.14 Å². The molecule has 0 aromatic carbocycles. The first-order chi connectivity index (χ1) is 8.01. The fourth-order valence-electron chi connectivity index (χ4n) is 2.06. The molecule has 1 aromatic rings. The highest BCUT2D eigenvalue weighted by Gasteiger charge is 2.21. The summed E-state index contributed by atoms with van der Waals surface area (Å²) >= 11 is 1.33. The summed E-state index contributed by atoms with van der Waals surface area (Å²) in [7, 11) is -3.81. The van der Waals surface area contributed by atoms with Crippen LogP contribution in [0.1, 0.15) is 35.3 Å². The molecular formula is C10H13N3O2S2. The number of rotatable bonds is 2. The molecule has 2 rings (SSSR count).